The summed E-state index contributed by atoms with van der Waals surface area (Å²) in [5.74, 6) is 0. The van der Waals surface area contributed by atoms with Gasteiger partial charge in [0, 0.05) is 30.5 Å². The van der Waals surface area contributed by atoms with Gasteiger partial charge in [0.2, 0.25) is 0 Å². The van der Waals surface area contributed by atoms with Crippen molar-refractivity contribution in [3.05, 3.63) is 35.5 Å². The fraction of sp³-hybridized carbons (Fsp3) is 0.308. The largest absolute Gasteiger partial charge is 0.399 e. The average Bonchev–Trinajstić information content (AvgIpc) is 2.80. The first kappa shape index (κ1) is 10.4. The van der Waals surface area contributed by atoms with Crippen molar-refractivity contribution in [2.75, 3.05) is 19.3 Å². The van der Waals surface area contributed by atoms with E-state index >= 15 is 0 Å². The van der Waals surface area contributed by atoms with Crippen LogP contribution in [0.15, 0.2) is 24.4 Å². The Bertz CT molecular complexity index is 531. The lowest BCUT2D eigenvalue weighted by Crippen LogP contribution is -2.27. The summed E-state index contributed by atoms with van der Waals surface area (Å²) >= 11 is 0. The van der Waals surface area contributed by atoms with E-state index in [0.717, 1.165) is 30.9 Å². The summed E-state index contributed by atoms with van der Waals surface area (Å²) < 4.78 is 0. The molecule has 0 fully saturated rings. The van der Waals surface area contributed by atoms with Crippen LogP contribution in [0.5, 0.6) is 0 Å². The average molecular weight is 228 g/mol. The molecule has 3 N–H and O–H groups in total. The Kier molecular flexibility index (Phi) is 2.37. The first-order valence-corrected chi connectivity index (χ1v) is 5.83. The maximum Gasteiger partial charge on any atom is 0.0653 e. The molecule has 2 aromatic rings. The summed E-state index contributed by atoms with van der Waals surface area (Å²) in [4.78, 5) is 2.32. The summed E-state index contributed by atoms with van der Waals surface area (Å²) in [5.41, 5.74) is 11.8. The Morgan fingerprint density at radius 3 is 3.06 bits per heavy atom. The highest BCUT2D eigenvalue weighted by molar-refractivity contribution is 5.70. The van der Waals surface area contributed by atoms with Gasteiger partial charge < -0.3 is 10.6 Å². The third-order valence-corrected chi connectivity index (χ3v) is 3.34. The van der Waals surface area contributed by atoms with Crippen molar-refractivity contribution < 1.29 is 0 Å². The standard InChI is InChI=1S/C13H16N4/c1-17-5-3-11-9(8-17)6-10(14)7-12(11)13-2-4-15-16-13/h2,4,6-7H,3,5,8,14H2,1H3,(H,15,16). The van der Waals surface area contributed by atoms with E-state index in [4.69, 9.17) is 5.73 Å². The Hall–Kier alpha value is -1.81. The first-order chi connectivity index (χ1) is 8.24. The molecular weight excluding hydrogens is 212 g/mol. The monoisotopic (exact) mass is 228 g/mol. The zero-order chi connectivity index (χ0) is 11.8. The van der Waals surface area contributed by atoms with Gasteiger partial charge in [0.25, 0.3) is 0 Å². The lowest BCUT2D eigenvalue weighted by atomic mass is 9.92. The summed E-state index contributed by atoms with van der Waals surface area (Å²) in [6, 6.07) is 6.12. The van der Waals surface area contributed by atoms with Gasteiger partial charge in [-0.2, -0.15) is 5.10 Å². The minimum Gasteiger partial charge on any atom is -0.399 e. The van der Waals surface area contributed by atoms with E-state index < -0.39 is 0 Å². The van der Waals surface area contributed by atoms with Gasteiger partial charge in [0.1, 0.15) is 0 Å². The molecule has 1 aromatic heterocycles. The molecule has 1 aliphatic rings. The Morgan fingerprint density at radius 1 is 1.41 bits per heavy atom. The predicted octanol–water partition coefficient (Wildman–Crippen LogP) is 1.65. The van der Waals surface area contributed by atoms with Crippen LogP contribution in [0.1, 0.15) is 11.1 Å². The van der Waals surface area contributed by atoms with Crippen LogP contribution in [0.25, 0.3) is 11.3 Å². The molecule has 3 rings (SSSR count). The number of nitrogen functional groups attached to an aromatic ring is 1. The number of aromatic amines is 1. The molecule has 1 aliphatic heterocycles. The van der Waals surface area contributed by atoms with Crippen LogP contribution in [-0.2, 0) is 13.0 Å². The number of anilines is 1. The molecule has 17 heavy (non-hydrogen) atoms. The molecule has 0 unspecified atom stereocenters. The van der Waals surface area contributed by atoms with Gasteiger partial charge in [-0.3, -0.25) is 5.10 Å². The number of nitrogens with two attached hydrogens (primary N) is 1. The lowest BCUT2D eigenvalue weighted by Gasteiger charge is -2.27. The maximum atomic E-state index is 5.98. The van der Waals surface area contributed by atoms with E-state index in [1.807, 2.05) is 12.1 Å². The van der Waals surface area contributed by atoms with Crippen LogP contribution in [0, 0.1) is 0 Å². The van der Waals surface area contributed by atoms with Crippen molar-refractivity contribution in [2.24, 2.45) is 0 Å². The third-order valence-electron chi connectivity index (χ3n) is 3.34. The normalized spacial score (nSPS) is 15.8. The molecule has 2 heterocycles. The van der Waals surface area contributed by atoms with Crippen LogP contribution in [0.4, 0.5) is 5.69 Å². The molecule has 0 saturated carbocycles. The molecule has 4 nitrogen and oxygen atoms in total. The van der Waals surface area contributed by atoms with Gasteiger partial charge in [0.05, 0.1) is 5.69 Å². The fourth-order valence-corrected chi connectivity index (χ4v) is 2.51. The maximum absolute atomic E-state index is 5.98. The van der Waals surface area contributed by atoms with E-state index in [1.165, 1.54) is 16.7 Å². The van der Waals surface area contributed by atoms with Crippen molar-refractivity contribution in [1.82, 2.24) is 15.1 Å². The Morgan fingerprint density at radius 2 is 2.29 bits per heavy atom. The summed E-state index contributed by atoms with van der Waals surface area (Å²) in [7, 11) is 2.14. The van der Waals surface area contributed by atoms with Crippen molar-refractivity contribution in [3.8, 4) is 11.3 Å². The predicted molar refractivity (Wildman–Crippen MR) is 68.5 cm³/mol. The second kappa shape index (κ2) is 3.89. The summed E-state index contributed by atoms with van der Waals surface area (Å²) in [6.45, 7) is 2.07. The van der Waals surface area contributed by atoms with Crippen LogP contribution in [0.2, 0.25) is 0 Å². The number of H-pyrrole nitrogens is 1. The second-order valence-corrected chi connectivity index (χ2v) is 4.66. The molecular formula is C13H16N4. The topological polar surface area (TPSA) is 57.9 Å². The van der Waals surface area contributed by atoms with Gasteiger partial charge in [-0.1, -0.05) is 0 Å². The van der Waals surface area contributed by atoms with Crippen molar-refractivity contribution >= 4 is 5.69 Å². The number of rotatable bonds is 1. The van der Waals surface area contributed by atoms with Crippen molar-refractivity contribution in [2.45, 2.75) is 13.0 Å². The number of benzene rings is 1. The first-order valence-electron chi connectivity index (χ1n) is 5.83. The Balaban J connectivity index is 2.16. The van der Waals surface area contributed by atoms with E-state index in [0.29, 0.717) is 0 Å². The zero-order valence-corrected chi connectivity index (χ0v) is 9.90. The molecule has 0 saturated heterocycles. The number of nitrogens with one attached hydrogen (secondary N) is 1. The molecule has 0 radical (unpaired) electrons. The van der Waals surface area contributed by atoms with Crippen LogP contribution < -0.4 is 5.73 Å². The highest BCUT2D eigenvalue weighted by atomic mass is 15.1. The van der Waals surface area contributed by atoms with Crippen molar-refractivity contribution in [1.29, 1.82) is 0 Å². The molecule has 4 heteroatoms. The second-order valence-electron chi connectivity index (χ2n) is 4.66. The summed E-state index contributed by atoms with van der Waals surface area (Å²) in [5, 5.41) is 7.04. The SMILES string of the molecule is CN1CCc2c(cc(N)cc2-c2ccn[nH]2)C1. The van der Waals surface area contributed by atoms with E-state index in [-0.39, 0.29) is 0 Å². The van der Waals surface area contributed by atoms with Crippen LogP contribution in [-0.4, -0.2) is 28.7 Å². The van der Waals surface area contributed by atoms with Crippen LogP contribution >= 0.6 is 0 Å². The molecule has 88 valence electrons. The fourth-order valence-electron chi connectivity index (χ4n) is 2.51. The highest BCUT2D eigenvalue weighted by Gasteiger charge is 2.18. The minimum absolute atomic E-state index is 0.823. The van der Waals surface area contributed by atoms with Crippen molar-refractivity contribution in [3.63, 3.8) is 0 Å². The number of aromatic nitrogens is 2. The smallest absolute Gasteiger partial charge is 0.0653 e. The molecule has 0 bridgehead atoms. The highest BCUT2D eigenvalue weighted by Crippen LogP contribution is 2.31. The van der Waals surface area contributed by atoms with Gasteiger partial charge in [-0.15, -0.1) is 0 Å². The minimum atomic E-state index is 0.823. The number of hydrogen-bond acceptors (Lipinski definition) is 3. The molecule has 0 amide bonds. The number of hydrogen-bond donors (Lipinski definition) is 2. The number of nitrogens with zero attached hydrogens (tertiary/aromatic N) is 2. The van der Waals surface area contributed by atoms with E-state index in [9.17, 15) is 0 Å². The lowest BCUT2D eigenvalue weighted by molar-refractivity contribution is 0.313. The third kappa shape index (κ3) is 1.80. The van der Waals surface area contributed by atoms with E-state index in [1.54, 1.807) is 6.20 Å². The van der Waals surface area contributed by atoms with Gasteiger partial charge >= 0.3 is 0 Å². The quantitative estimate of drug-likeness (QED) is 0.730. The van der Waals surface area contributed by atoms with Gasteiger partial charge in [-0.25, -0.2) is 0 Å². The summed E-state index contributed by atoms with van der Waals surface area (Å²) in [6.07, 6.45) is 2.85. The van der Waals surface area contributed by atoms with Gasteiger partial charge in [-0.05, 0) is 42.8 Å². The molecule has 0 spiro atoms. The number of likely N-dealkylation sites (N-methyl/N-ethyl adjacent to an activating group) is 1. The molecule has 1 aromatic carbocycles. The molecule has 0 aliphatic carbocycles. The molecule has 0 atom stereocenters. The number of fused-ring (bicyclic) bond motifs is 1. The Labute approximate surface area is 100 Å². The van der Waals surface area contributed by atoms with Crippen LogP contribution in [0.3, 0.4) is 0 Å². The zero-order valence-electron chi connectivity index (χ0n) is 9.90. The van der Waals surface area contributed by atoms with Gasteiger partial charge in [0.15, 0.2) is 0 Å². The van der Waals surface area contributed by atoms with E-state index in [2.05, 4.69) is 28.2 Å².